The van der Waals surface area contributed by atoms with Crippen molar-refractivity contribution in [3.05, 3.63) is 71.0 Å². The Labute approximate surface area is 232 Å². The van der Waals surface area contributed by atoms with Crippen LogP contribution in [0.15, 0.2) is 59.5 Å². The van der Waals surface area contributed by atoms with E-state index in [0.717, 1.165) is 16.4 Å². The molecule has 0 saturated heterocycles. The number of hydrogen-bond acceptors (Lipinski definition) is 7. The smallest absolute Gasteiger partial charge is 0.264 e. The minimum absolute atomic E-state index is 0.00295. The largest absolute Gasteiger partial charge is 0.493 e. The van der Waals surface area contributed by atoms with E-state index < -0.39 is 28.3 Å². The van der Waals surface area contributed by atoms with Crippen LogP contribution in [0.1, 0.15) is 19.4 Å². The molecule has 39 heavy (non-hydrogen) atoms. The number of carbonyl (C=O) groups excluding carboxylic acids is 1. The molecule has 0 fully saturated rings. The molecule has 0 aliphatic rings. The molecule has 0 aliphatic carbocycles. The van der Waals surface area contributed by atoms with Crippen LogP contribution in [0.3, 0.4) is 0 Å². The van der Waals surface area contributed by atoms with Crippen molar-refractivity contribution in [3.8, 4) is 23.0 Å². The lowest BCUT2D eigenvalue weighted by atomic mass is 10.2. The fourth-order valence-corrected chi connectivity index (χ4v) is 5.22. The molecule has 12 heteroatoms. The van der Waals surface area contributed by atoms with E-state index in [1.165, 1.54) is 45.6 Å². The molecule has 1 amide bonds. The van der Waals surface area contributed by atoms with Gasteiger partial charge in [-0.1, -0.05) is 17.7 Å². The lowest BCUT2D eigenvalue weighted by molar-refractivity contribution is -0.119. The zero-order chi connectivity index (χ0) is 28.7. The number of nitrogens with one attached hydrogen (secondary N) is 1. The summed E-state index contributed by atoms with van der Waals surface area (Å²) in [6.45, 7) is 3.27. The van der Waals surface area contributed by atoms with Crippen molar-refractivity contribution in [2.45, 2.75) is 31.4 Å². The number of ether oxygens (including phenoxy) is 4. The van der Waals surface area contributed by atoms with E-state index in [1.807, 2.05) is 13.8 Å². The summed E-state index contributed by atoms with van der Waals surface area (Å²) in [6, 6.07) is 12.6. The average molecular weight is 581 g/mol. The fraction of sp³-hybridized carbons (Fsp3) is 0.296. The van der Waals surface area contributed by atoms with Crippen LogP contribution in [-0.4, -0.2) is 48.3 Å². The third-order valence-corrected chi connectivity index (χ3v) is 7.56. The van der Waals surface area contributed by atoms with Gasteiger partial charge in [0.05, 0.1) is 43.0 Å². The molecular weight excluding hydrogens is 551 g/mol. The zero-order valence-corrected chi connectivity index (χ0v) is 23.7. The maximum absolute atomic E-state index is 13.9. The van der Waals surface area contributed by atoms with Crippen molar-refractivity contribution in [1.82, 2.24) is 5.32 Å². The molecule has 0 bridgehead atoms. The summed E-state index contributed by atoms with van der Waals surface area (Å²) in [4.78, 5) is 12.8. The minimum Gasteiger partial charge on any atom is -0.493 e. The average Bonchev–Trinajstić information content (AvgIpc) is 2.91. The Balaban J connectivity index is 1.89. The molecule has 3 aromatic carbocycles. The number of sulfonamides is 1. The van der Waals surface area contributed by atoms with E-state index in [9.17, 15) is 17.6 Å². The maximum atomic E-state index is 13.9. The van der Waals surface area contributed by atoms with Gasteiger partial charge in [0.1, 0.15) is 12.4 Å². The van der Waals surface area contributed by atoms with Crippen LogP contribution in [0.4, 0.5) is 10.1 Å². The van der Waals surface area contributed by atoms with Crippen LogP contribution in [0.25, 0.3) is 0 Å². The monoisotopic (exact) mass is 580 g/mol. The molecule has 0 unspecified atom stereocenters. The third-order valence-electron chi connectivity index (χ3n) is 5.50. The number of carbonyl (C=O) groups is 1. The molecule has 9 nitrogen and oxygen atoms in total. The van der Waals surface area contributed by atoms with Crippen molar-refractivity contribution < 1.29 is 36.6 Å². The summed E-state index contributed by atoms with van der Waals surface area (Å²) >= 11 is 5.94. The second-order valence-corrected chi connectivity index (χ2v) is 10.8. The van der Waals surface area contributed by atoms with E-state index in [1.54, 1.807) is 18.2 Å². The normalized spacial score (nSPS) is 11.2. The Morgan fingerprint density at radius 2 is 1.56 bits per heavy atom. The maximum Gasteiger partial charge on any atom is 0.264 e. The number of amides is 1. The number of hydrogen-bond donors (Lipinski definition) is 1. The van der Waals surface area contributed by atoms with Crippen LogP contribution in [-0.2, 0) is 21.4 Å². The molecule has 210 valence electrons. The van der Waals surface area contributed by atoms with Crippen LogP contribution in [0.2, 0.25) is 5.02 Å². The molecule has 0 saturated carbocycles. The van der Waals surface area contributed by atoms with Gasteiger partial charge in [0, 0.05) is 12.6 Å². The van der Waals surface area contributed by atoms with Gasteiger partial charge in [0.2, 0.25) is 5.91 Å². The van der Waals surface area contributed by atoms with Gasteiger partial charge in [-0.05, 0) is 61.9 Å². The van der Waals surface area contributed by atoms with E-state index in [4.69, 9.17) is 30.5 Å². The van der Waals surface area contributed by atoms with Crippen LogP contribution in [0.5, 0.6) is 23.0 Å². The van der Waals surface area contributed by atoms with Crippen molar-refractivity contribution in [2.24, 2.45) is 0 Å². The van der Waals surface area contributed by atoms with Gasteiger partial charge in [-0.3, -0.25) is 9.10 Å². The van der Waals surface area contributed by atoms with Gasteiger partial charge >= 0.3 is 0 Å². The molecule has 0 spiro atoms. The van der Waals surface area contributed by atoms with E-state index in [0.29, 0.717) is 22.8 Å². The Morgan fingerprint density at radius 1 is 0.923 bits per heavy atom. The van der Waals surface area contributed by atoms with Crippen LogP contribution >= 0.6 is 11.6 Å². The lowest BCUT2D eigenvalue weighted by Crippen LogP contribution is -2.40. The molecule has 0 atom stereocenters. The SMILES string of the molecule is COc1ccc(S(=O)(=O)N(CC(=O)NCc2ccc(OC(C)C)c(OC)c2)c2ccc(F)c(Cl)c2)cc1OC. The predicted molar refractivity (Wildman–Crippen MR) is 146 cm³/mol. The molecular formula is C27H30ClFN2O7S. The standard InChI is InChI=1S/C27H30ClFN2O7S/c1-17(2)38-24-10-6-18(12-25(24)36-4)15-30-27(32)16-31(19-7-9-22(29)21(28)13-19)39(33,34)20-8-11-23(35-3)26(14-20)37-5/h6-14,17H,15-16H2,1-5H3,(H,30,32). The second-order valence-electron chi connectivity index (χ2n) is 8.56. The van der Waals surface area contributed by atoms with Gasteiger partial charge in [-0.2, -0.15) is 0 Å². The van der Waals surface area contributed by atoms with Crippen molar-refractivity contribution in [2.75, 3.05) is 32.2 Å². The molecule has 0 aromatic heterocycles. The first kappa shape index (κ1) is 29.9. The van der Waals surface area contributed by atoms with E-state index in [-0.39, 0.29) is 34.0 Å². The summed E-state index contributed by atoms with van der Waals surface area (Å²) in [5.41, 5.74) is 0.707. The summed E-state index contributed by atoms with van der Waals surface area (Å²) in [7, 11) is -0.0273. The molecule has 3 rings (SSSR count). The van der Waals surface area contributed by atoms with Crippen LogP contribution in [0, 0.1) is 5.82 Å². The molecule has 1 N–H and O–H groups in total. The summed E-state index contributed by atoms with van der Waals surface area (Å²) in [5, 5.41) is 2.41. The van der Waals surface area contributed by atoms with Gasteiger partial charge in [-0.25, -0.2) is 12.8 Å². The van der Waals surface area contributed by atoms with Gasteiger partial charge < -0.3 is 24.3 Å². The highest BCUT2D eigenvalue weighted by molar-refractivity contribution is 7.92. The van der Waals surface area contributed by atoms with Gasteiger partial charge in [0.25, 0.3) is 10.0 Å². The highest BCUT2D eigenvalue weighted by Gasteiger charge is 2.29. The first-order valence-electron chi connectivity index (χ1n) is 11.8. The number of halogens is 2. The molecule has 0 heterocycles. The number of rotatable bonds is 12. The highest BCUT2D eigenvalue weighted by Crippen LogP contribution is 2.33. The Kier molecular flexibility index (Phi) is 9.87. The minimum atomic E-state index is -4.33. The lowest BCUT2D eigenvalue weighted by Gasteiger charge is -2.25. The first-order chi connectivity index (χ1) is 18.5. The van der Waals surface area contributed by atoms with Crippen LogP contribution < -0.4 is 28.6 Å². The summed E-state index contributed by atoms with van der Waals surface area (Å²) in [5.74, 6) is 0.218. The van der Waals surface area contributed by atoms with Gasteiger partial charge in [0.15, 0.2) is 23.0 Å². The predicted octanol–water partition coefficient (Wildman–Crippen LogP) is 4.80. The van der Waals surface area contributed by atoms with E-state index in [2.05, 4.69) is 5.32 Å². The molecule has 0 aliphatic heterocycles. The van der Waals surface area contributed by atoms with Crippen molar-refractivity contribution in [3.63, 3.8) is 0 Å². The second kappa shape index (κ2) is 12.9. The topological polar surface area (TPSA) is 103 Å². The zero-order valence-electron chi connectivity index (χ0n) is 22.2. The summed E-state index contributed by atoms with van der Waals surface area (Å²) < 4.78 is 63.6. The third kappa shape index (κ3) is 7.24. The number of benzene rings is 3. The number of anilines is 1. The quantitative estimate of drug-likeness (QED) is 0.328. The first-order valence-corrected chi connectivity index (χ1v) is 13.6. The Morgan fingerprint density at radius 3 is 2.18 bits per heavy atom. The Bertz CT molecular complexity index is 1430. The fourth-order valence-electron chi connectivity index (χ4n) is 3.62. The molecule has 0 radical (unpaired) electrons. The number of nitrogens with zero attached hydrogens (tertiary/aromatic N) is 1. The molecule has 3 aromatic rings. The Hall–Kier alpha value is -3.70. The highest BCUT2D eigenvalue weighted by atomic mass is 35.5. The van der Waals surface area contributed by atoms with E-state index >= 15 is 0 Å². The number of methoxy groups -OCH3 is 3. The van der Waals surface area contributed by atoms with Crippen molar-refractivity contribution >= 4 is 33.2 Å². The van der Waals surface area contributed by atoms with Crippen molar-refractivity contribution in [1.29, 1.82) is 0 Å². The summed E-state index contributed by atoms with van der Waals surface area (Å²) in [6.07, 6.45) is -0.0528. The van der Waals surface area contributed by atoms with Gasteiger partial charge in [-0.15, -0.1) is 0 Å².